The van der Waals surface area contributed by atoms with Gasteiger partial charge in [-0.2, -0.15) is 0 Å². The van der Waals surface area contributed by atoms with E-state index in [4.69, 9.17) is 0 Å². The zero-order valence-electron chi connectivity index (χ0n) is 77.4. The Balaban J connectivity index is -0.000000139. The summed E-state index contributed by atoms with van der Waals surface area (Å²) in [5.74, 6) is 31.0. The van der Waals surface area contributed by atoms with Crippen molar-refractivity contribution in [2.75, 3.05) is 0 Å². The molecule has 9 heteroatoms. The van der Waals surface area contributed by atoms with Crippen molar-refractivity contribution in [3.8, 4) is 0 Å². The van der Waals surface area contributed by atoms with Gasteiger partial charge in [-0.05, 0) is 347 Å². The van der Waals surface area contributed by atoms with Crippen LogP contribution in [0.15, 0.2) is 0 Å². The van der Waals surface area contributed by atoms with Gasteiger partial charge in [0.1, 0.15) is 0 Å². The lowest BCUT2D eigenvalue weighted by atomic mass is 9.71. The Hall–Kier alpha value is -0.630. The maximum atomic E-state index is 2.43. The van der Waals surface area contributed by atoms with Crippen LogP contribution in [-0.4, -0.2) is 0 Å². The van der Waals surface area contributed by atoms with E-state index in [2.05, 4.69) is 145 Å². The van der Waals surface area contributed by atoms with E-state index in [0.717, 1.165) is 171 Å². The molecule has 0 saturated heterocycles. The van der Waals surface area contributed by atoms with Crippen LogP contribution in [0.4, 0.5) is 42.3 Å². The van der Waals surface area contributed by atoms with E-state index < -0.39 is 0 Å². The lowest BCUT2D eigenvalue weighted by Crippen LogP contribution is -2.26. The molecule has 0 aromatic rings. The zero-order valence-corrected chi connectivity index (χ0v) is 77.4. The van der Waals surface area contributed by atoms with Gasteiger partial charge >= 0.3 is 0 Å². The molecule has 0 N–H and O–H groups in total. The largest absolute Gasteiger partial charge is 0.269 e. The second kappa shape index (κ2) is 65.0. The van der Waals surface area contributed by atoms with Crippen LogP contribution in [0.25, 0.3) is 0 Å². The Bertz CT molecular complexity index is 2150. The molecule has 0 spiro atoms. The Morgan fingerprint density at radius 3 is 0.675 bits per heavy atom. The second-order valence-corrected chi connectivity index (χ2v) is 46.2. The van der Waals surface area contributed by atoms with Crippen molar-refractivity contribution >= 4 is 0 Å². The summed E-state index contributed by atoms with van der Waals surface area (Å²) in [6.45, 7) is 50.0. The summed E-state index contributed by atoms with van der Waals surface area (Å²) in [5, 5.41) is 0. The standard InChI is InChI=1S/2C12H22.6C11H20.C8H14.C4H10.9CH4.9FH/c1-12(2,3)11-7-9-5-4-6-10(9)8-11;1-12(2,3)11-8-7-9-5-4-6-10(9)11;2*1-9(2)11-7-3-5-10(11)6-4-8-11;1-8(2)11-6-9-4-3-5-10(9)7-11;3*1-8(2)10-7-6-9-4-3-5-11(9)10;1-3-7-5-2-6-8(7)4-1;1-4(2)3;;;;;;;;;;;;;;;;;;/h2*9-11H,4-8H2,1-3H3;2*9-10H,3-8H2,1-2H3;4*8-11H,3-7H2,1-2H3;7-8H,1-6H2;4H,1-3H3;9*1H4;9*1H. The van der Waals surface area contributed by atoms with Crippen LogP contribution in [-0.2, 0) is 0 Å². The summed E-state index contributed by atoms with van der Waals surface area (Å²) in [7, 11) is 0. The van der Waals surface area contributed by atoms with Gasteiger partial charge in [0.25, 0.3) is 0 Å². The summed E-state index contributed by atoms with van der Waals surface area (Å²) in [5.41, 5.74) is 2.76. The molecule has 0 aromatic heterocycles. The highest BCUT2D eigenvalue weighted by Crippen LogP contribution is 2.61. The normalized spacial score (nSPS) is 35.5. The molecule has 18 aliphatic carbocycles. The molecule has 18 aliphatic rings. The highest BCUT2D eigenvalue weighted by atomic mass is 19.0. The molecule has 740 valence electrons. The molecule has 16 unspecified atom stereocenters. The second-order valence-electron chi connectivity index (χ2n) is 46.2. The number of hydrogen-bond acceptors (Lipinski definition) is 0. The molecule has 0 bridgehead atoms. The highest BCUT2D eigenvalue weighted by Gasteiger charge is 2.50. The molecule has 18 fully saturated rings. The van der Waals surface area contributed by atoms with Gasteiger partial charge < -0.3 is 0 Å². The first kappa shape index (κ1) is 140. The molecule has 18 saturated carbocycles. The number of hydrogen-bond donors (Lipinski definition) is 0. The van der Waals surface area contributed by atoms with E-state index in [1.54, 1.807) is 109 Å². The number of fused-ring (bicyclic) bond motifs is 9. The van der Waals surface area contributed by atoms with Crippen LogP contribution in [0.5, 0.6) is 0 Å². The van der Waals surface area contributed by atoms with E-state index in [1.165, 1.54) is 211 Å². The van der Waals surface area contributed by atoms with Crippen molar-refractivity contribution in [1.82, 2.24) is 0 Å². The molecular weight excluding hydrogens is 1500 g/mol. The van der Waals surface area contributed by atoms with Gasteiger partial charge in [-0.25, -0.2) is 0 Å². The van der Waals surface area contributed by atoms with Crippen molar-refractivity contribution in [3.05, 3.63) is 0 Å². The van der Waals surface area contributed by atoms with Gasteiger partial charge in [0.2, 0.25) is 0 Å². The van der Waals surface area contributed by atoms with Crippen LogP contribution in [0, 0.1) is 193 Å². The first-order valence-electron chi connectivity index (χ1n) is 48.5. The summed E-state index contributed by atoms with van der Waals surface area (Å²) in [4.78, 5) is 0. The minimum absolute atomic E-state index is 0. The summed E-state index contributed by atoms with van der Waals surface area (Å²) in [6, 6.07) is 0. The molecule has 0 nitrogen and oxygen atoms in total. The first-order valence-corrected chi connectivity index (χ1v) is 48.5. The monoisotopic (exact) mass is 1740 g/mol. The van der Waals surface area contributed by atoms with E-state index in [0.29, 0.717) is 10.8 Å². The fraction of sp³-hybridized carbons (Fsp3) is 1.00. The van der Waals surface area contributed by atoms with E-state index >= 15 is 0 Å². The van der Waals surface area contributed by atoms with Crippen LogP contribution >= 0.6 is 0 Å². The maximum Gasteiger partial charge on any atom is -0.0246 e. The van der Waals surface area contributed by atoms with E-state index in [-0.39, 0.29) is 109 Å². The van der Waals surface area contributed by atoms with E-state index in [9.17, 15) is 0 Å². The van der Waals surface area contributed by atoms with Crippen LogP contribution in [0.3, 0.4) is 0 Å². The van der Waals surface area contributed by atoms with Gasteiger partial charge in [0, 0.05) is 0 Å². The van der Waals surface area contributed by atoms with Crippen LogP contribution in [0.2, 0.25) is 0 Å². The SMILES string of the molecule is C.C.C.C.C.C.C.C.C.C1CC2CCCC2C1.CC(C)(C)C1CC2CCCC2C1.CC(C)(C)C1CCC2CCCC21.CC(C)C.CC(C)C12CCCC1CCC2.CC(C)C12CCCC1CCC2.CC(C)C1CC2CCCC2C1.CC(C)C1CCC2CCCC21.CC(C)C1CCC2CCCC21.CC(C)C1CCC2CCCC21.F.F.F.F.F.F.F.F.F. The third kappa shape index (κ3) is 37.0. The van der Waals surface area contributed by atoms with Crippen LogP contribution < -0.4 is 0 Å². The van der Waals surface area contributed by atoms with Crippen molar-refractivity contribution in [1.29, 1.82) is 0 Å². The Morgan fingerprint density at radius 2 is 0.442 bits per heavy atom. The molecule has 0 radical (unpaired) electrons. The zero-order chi connectivity index (χ0) is 73.7. The first-order chi connectivity index (χ1) is 48.5. The third-order valence-corrected chi connectivity index (χ3v) is 36.0. The molecule has 0 amide bonds. The highest BCUT2D eigenvalue weighted by molar-refractivity contribution is 5.01. The lowest BCUT2D eigenvalue weighted by molar-refractivity contribution is 0.155. The van der Waals surface area contributed by atoms with Crippen molar-refractivity contribution in [2.45, 2.75) is 520 Å². The average Bonchev–Trinajstić information content (AvgIpc) is 1.64. The smallest absolute Gasteiger partial charge is 0.0246 e. The Labute approximate surface area is 751 Å². The predicted octanol–water partition coefficient (Wildman–Crippen LogP) is 40.2. The van der Waals surface area contributed by atoms with Crippen molar-refractivity contribution < 1.29 is 42.3 Å². The minimum Gasteiger partial charge on any atom is -0.269 e. The molecule has 16 atom stereocenters. The summed E-state index contributed by atoms with van der Waals surface area (Å²) < 4.78 is 0. The molecule has 0 aliphatic heterocycles. The van der Waals surface area contributed by atoms with Gasteiger partial charge in [0.05, 0.1) is 0 Å². The Morgan fingerprint density at radius 1 is 0.217 bits per heavy atom. The summed E-state index contributed by atoms with van der Waals surface area (Å²) >= 11 is 0. The van der Waals surface area contributed by atoms with Crippen molar-refractivity contribution in [2.24, 2.45) is 193 Å². The topological polar surface area (TPSA) is 0 Å². The minimum atomic E-state index is 0. The number of halogens is 9. The summed E-state index contributed by atoms with van der Waals surface area (Å²) in [6.07, 6.45) is 73.9. The third-order valence-electron chi connectivity index (χ3n) is 36.0. The quantitative estimate of drug-likeness (QED) is 0.233. The fourth-order valence-corrected chi connectivity index (χ4v) is 30.2. The molecular formula is C111H233F9. The average molecular weight is 1740 g/mol. The molecule has 18 rings (SSSR count). The van der Waals surface area contributed by atoms with Gasteiger partial charge in [-0.3, -0.25) is 42.3 Å². The fourth-order valence-electron chi connectivity index (χ4n) is 30.2. The predicted molar refractivity (Wildman–Crippen MR) is 535 cm³/mol. The lowest BCUT2D eigenvalue weighted by Gasteiger charge is -2.33. The van der Waals surface area contributed by atoms with Crippen LogP contribution in [0.1, 0.15) is 520 Å². The molecule has 0 aromatic carbocycles. The van der Waals surface area contributed by atoms with Gasteiger partial charge in [-0.15, -0.1) is 0 Å². The molecule has 120 heavy (non-hydrogen) atoms. The van der Waals surface area contributed by atoms with E-state index in [1.807, 2.05) is 0 Å². The number of rotatable bonds is 6. The molecule has 0 heterocycles. The Kier molecular flexibility index (Phi) is 75.8. The maximum absolute atomic E-state index is 2.43. The van der Waals surface area contributed by atoms with Gasteiger partial charge in [0.15, 0.2) is 0 Å². The van der Waals surface area contributed by atoms with Gasteiger partial charge in [-0.1, -0.05) is 366 Å². The van der Waals surface area contributed by atoms with Crippen molar-refractivity contribution in [3.63, 3.8) is 0 Å².